The Bertz CT molecular complexity index is 926. The van der Waals surface area contributed by atoms with Crippen LogP contribution in [0.15, 0.2) is 24.5 Å². The molecule has 0 aromatic carbocycles. The van der Waals surface area contributed by atoms with Gasteiger partial charge in [0, 0.05) is 31.2 Å². The van der Waals surface area contributed by atoms with Crippen LogP contribution in [0.2, 0.25) is 0 Å². The second-order valence-electron chi connectivity index (χ2n) is 5.90. The summed E-state index contributed by atoms with van der Waals surface area (Å²) in [6, 6.07) is 5.96. The third-order valence-electron chi connectivity index (χ3n) is 4.38. The minimum absolute atomic E-state index is 0.161. The highest BCUT2D eigenvalue weighted by Gasteiger charge is 2.23. The number of nitrogens with zero attached hydrogens (tertiary/aromatic N) is 4. The zero-order valence-electron chi connectivity index (χ0n) is 13.4. The summed E-state index contributed by atoms with van der Waals surface area (Å²) in [5.41, 5.74) is 3.24. The Morgan fingerprint density at radius 1 is 1.50 bits per heavy atom. The number of morpholine rings is 1. The van der Waals surface area contributed by atoms with E-state index >= 15 is 0 Å². The van der Waals surface area contributed by atoms with Crippen LogP contribution >= 0.6 is 0 Å². The first-order valence-electron chi connectivity index (χ1n) is 7.98. The average Bonchev–Trinajstić information content (AvgIpc) is 3.00. The van der Waals surface area contributed by atoms with Crippen LogP contribution in [0.25, 0.3) is 21.9 Å². The maximum atomic E-state index is 9.15. The zero-order chi connectivity index (χ0) is 16.5. The number of anilines is 1. The SMILES string of the molecule is CNC[C@H]1CN(c2ccnc3[nH]c4cnc(C#N)cc4c23)CCO1. The number of pyridine rings is 2. The highest BCUT2D eigenvalue weighted by atomic mass is 16.5. The van der Waals surface area contributed by atoms with Gasteiger partial charge in [-0.3, -0.25) is 0 Å². The normalized spacial score (nSPS) is 18.2. The molecule has 1 aliphatic rings. The van der Waals surface area contributed by atoms with Gasteiger partial charge in [0.1, 0.15) is 17.4 Å². The van der Waals surface area contributed by atoms with Gasteiger partial charge in [0.05, 0.1) is 35.5 Å². The lowest BCUT2D eigenvalue weighted by Gasteiger charge is -2.34. The zero-order valence-corrected chi connectivity index (χ0v) is 13.4. The van der Waals surface area contributed by atoms with E-state index in [9.17, 15) is 0 Å². The monoisotopic (exact) mass is 322 g/mol. The molecule has 4 rings (SSSR count). The van der Waals surface area contributed by atoms with Crippen LogP contribution in [0.3, 0.4) is 0 Å². The van der Waals surface area contributed by atoms with Gasteiger partial charge in [0.15, 0.2) is 0 Å². The van der Waals surface area contributed by atoms with E-state index in [0.29, 0.717) is 12.3 Å². The first-order chi connectivity index (χ1) is 11.8. The van der Waals surface area contributed by atoms with Crippen LogP contribution in [0, 0.1) is 11.3 Å². The molecule has 7 nitrogen and oxygen atoms in total. The van der Waals surface area contributed by atoms with Crippen molar-refractivity contribution in [3.8, 4) is 6.07 Å². The Morgan fingerprint density at radius 3 is 3.25 bits per heavy atom. The van der Waals surface area contributed by atoms with Gasteiger partial charge in [-0.25, -0.2) is 9.97 Å². The van der Waals surface area contributed by atoms with Crippen molar-refractivity contribution in [2.75, 3.05) is 38.2 Å². The molecule has 1 saturated heterocycles. The van der Waals surface area contributed by atoms with Gasteiger partial charge in [-0.2, -0.15) is 5.26 Å². The van der Waals surface area contributed by atoms with E-state index in [4.69, 9.17) is 10.00 Å². The number of ether oxygens (including phenoxy) is 1. The van der Waals surface area contributed by atoms with Crippen LogP contribution in [-0.4, -0.2) is 54.3 Å². The number of nitrogens with one attached hydrogen (secondary N) is 2. The van der Waals surface area contributed by atoms with Gasteiger partial charge in [0.25, 0.3) is 0 Å². The average molecular weight is 322 g/mol. The van der Waals surface area contributed by atoms with E-state index in [1.807, 2.05) is 25.4 Å². The van der Waals surface area contributed by atoms with E-state index in [1.165, 1.54) is 0 Å². The Hall–Kier alpha value is -2.69. The summed E-state index contributed by atoms with van der Waals surface area (Å²) in [4.78, 5) is 14.2. The van der Waals surface area contributed by atoms with Crippen molar-refractivity contribution in [2.24, 2.45) is 0 Å². The molecule has 1 aliphatic heterocycles. The Labute approximate surface area is 139 Å². The molecule has 0 aliphatic carbocycles. The topological polar surface area (TPSA) is 89.9 Å². The second-order valence-corrected chi connectivity index (χ2v) is 5.90. The lowest BCUT2D eigenvalue weighted by Crippen LogP contribution is -2.46. The van der Waals surface area contributed by atoms with Crippen molar-refractivity contribution in [3.05, 3.63) is 30.2 Å². The molecule has 0 radical (unpaired) electrons. The molecule has 0 spiro atoms. The molecule has 3 aromatic rings. The summed E-state index contributed by atoms with van der Waals surface area (Å²) in [5.74, 6) is 0. The van der Waals surface area contributed by atoms with Gasteiger partial charge in [-0.1, -0.05) is 0 Å². The Kier molecular flexibility index (Phi) is 3.76. The fourth-order valence-corrected chi connectivity index (χ4v) is 3.32. The molecular formula is C17H18N6O. The lowest BCUT2D eigenvalue weighted by atomic mass is 10.1. The lowest BCUT2D eigenvalue weighted by molar-refractivity contribution is 0.0422. The summed E-state index contributed by atoms with van der Waals surface area (Å²) in [6.45, 7) is 3.18. The van der Waals surface area contributed by atoms with Crippen LogP contribution in [-0.2, 0) is 4.74 Å². The van der Waals surface area contributed by atoms with Gasteiger partial charge < -0.3 is 19.9 Å². The second kappa shape index (κ2) is 6.07. The minimum Gasteiger partial charge on any atom is -0.373 e. The molecule has 4 heterocycles. The van der Waals surface area contributed by atoms with Gasteiger partial charge in [-0.05, 0) is 19.2 Å². The summed E-state index contributed by atoms with van der Waals surface area (Å²) in [6.07, 6.45) is 3.67. The van der Waals surface area contributed by atoms with Crippen molar-refractivity contribution >= 4 is 27.6 Å². The number of fused-ring (bicyclic) bond motifs is 3. The molecule has 24 heavy (non-hydrogen) atoms. The molecule has 0 unspecified atom stereocenters. The molecule has 7 heteroatoms. The number of likely N-dealkylation sites (N-methyl/N-ethyl adjacent to an activating group) is 1. The highest BCUT2D eigenvalue weighted by Crippen LogP contribution is 2.33. The maximum absolute atomic E-state index is 9.15. The predicted molar refractivity (Wildman–Crippen MR) is 92.0 cm³/mol. The molecule has 2 N–H and O–H groups in total. The van der Waals surface area contributed by atoms with Gasteiger partial charge >= 0.3 is 0 Å². The summed E-state index contributed by atoms with van der Waals surface area (Å²) in [7, 11) is 1.93. The van der Waals surface area contributed by atoms with Crippen molar-refractivity contribution < 1.29 is 4.74 Å². The highest BCUT2D eigenvalue weighted by molar-refractivity contribution is 6.12. The molecule has 0 saturated carbocycles. The molecule has 122 valence electrons. The smallest absolute Gasteiger partial charge is 0.141 e. The van der Waals surface area contributed by atoms with Crippen LogP contribution in [0.1, 0.15) is 5.69 Å². The number of hydrogen-bond donors (Lipinski definition) is 2. The number of aromatic amines is 1. The molecule has 1 fully saturated rings. The van der Waals surface area contributed by atoms with E-state index in [0.717, 1.165) is 47.3 Å². The number of nitriles is 1. The fourth-order valence-electron chi connectivity index (χ4n) is 3.32. The number of aromatic nitrogens is 3. The molecule has 3 aromatic heterocycles. The quantitative estimate of drug-likeness (QED) is 0.758. The molecular weight excluding hydrogens is 304 g/mol. The van der Waals surface area contributed by atoms with Crippen molar-refractivity contribution in [2.45, 2.75) is 6.10 Å². The largest absolute Gasteiger partial charge is 0.373 e. The summed E-state index contributed by atoms with van der Waals surface area (Å²) in [5, 5.41) is 14.3. The number of rotatable bonds is 3. The van der Waals surface area contributed by atoms with Gasteiger partial charge in [-0.15, -0.1) is 0 Å². The standard InChI is InChI=1S/C17H18N6O/c1-19-8-12-10-23(4-5-24-12)15-2-3-20-17-16(15)13-6-11(7-18)21-9-14(13)22-17/h2-3,6,9,12,19H,4-5,8,10H2,1H3,(H,20,22)/t12-/m0/s1. The van der Waals surface area contributed by atoms with Crippen molar-refractivity contribution in [1.29, 1.82) is 5.26 Å². The van der Waals surface area contributed by atoms with Crippen LogP contribution < -0.4 is 10.2 Å². The van der Waals surface area contributed by atoms with Crippen LogP contribution in [0.4, 0.5) is 5.69 Å². The van der Waals surface area contributed by atoms with Gasteiger partial charge in [0.2, 0.25) is 0 Å². The summed E-state index contributed by atoms with van der Waals surface area (Å²) < 4.78 is 5.81. The Balaban J connectivity index is 1.84. The number of H-pyrrole nitrogens is 1. The van der Waals surface area contributed by atoms with Crippen molar-refractivity contribution in [1.82, 2.24) is 20.3 Å². The first-order valence-corrected chi connectivity index (χ1v) is 7.98. The molecule has 1 atom stereocenters. The van der Waals surface area contributed by atoms with E-state index < -0.39 is 0 Å². The van der Waals surface area contributed by atoms with Crippen molar-refractivity contribution in [3.63, 3.8) is 0 Å². The number of hydrogen-bond acceptors (Lipinski definition) is 6. The first kappa shape index (κ1) is 14.9. The fraction of sp³-hybridized carbons (Fsp3) is 0.353. The third-order valence-corrected chi connectivity index (χ3v) is 4.38. The minimum atomic E-state index is 0.161. The maximum Gasteiger partial charge on any atom is 0.141 e. The van der Waals surface area contributed by atoms with E-state index in [-0.39, 0.29) is 6.10 Å². The van der Waals surface area contributed by atoms with Crippen LogP contribution in [0.5, 0.6) is 0 Å². The molecule has 0 amide bonds. The molecule has 0 bridgehead atoms. The third kappa shape index (κ3) is 2.46. The van der Waals surface area contributed by atoms with E-state index in [1.54, 1.807) is 6.20 Å². The summed E-state index contributed by atoms with van der Waals surface area (Å²) >= 11 is 0. The van der Waals surface area contributed by atoms with E-state index in [2.05, 4.69) is 31.2 Å². The Morgan fingerprint density at radius 2 is 2.42 bits per heavy atom. The predicted octanol–water partition coefficient (Wildman–Crippen LogP) is 1.41.